The predicted molar refractivity (Wildman–Crippen MR) is 100 cm³/mol. The molecule has 6 rings (SSSR count). The van der Waals surface area contributed by atoms with E-state index in [0.717, 1.165) is 0 Å². The summed E-state index contributed by atoms with van der Waals surface area (Å²) in [6.07, 6.45) is 4.54. The van der Waals surface area contributed by atoms with Crippen LogP contribution in [0.4, 0.5) is 11.4 Å². The van der Waals surface area contributed by atoms with Crippen molar-refractivity contribution in [2.75, 3.05) is 10.6 Å². The lowest BCUT2D eigenvalue weighted by Gasteiger charge is -2.36. The molecule has 0 saturated heterocycles. The van der Waals surface area contributed by atoms with Gasteiger partial charge >= 0.3 is 0 Å². The molecular formula is C22H16N2. The van der Waals surface area contributed by atoms with Gasteiger partial charge in [-0.15, -0.1) is 0 Å². The first-order chi connectivity index (χ1) is 11.9. The highest BCUT2D eigenvalue weighted by Crippen LogP contribution is 2.50. The molecular weight excluding hydrogens is 292 g/mol. The van der Waals surface area contributed by atoms with Crippen molar-refractivity contribution >= 4 is 27.7 Å². The minimum atomic E-state index is 0.279. The van der Waals surface area contributed by atoms with E-state index in [9.17, 15) is 0 Å². The van der Waals surface area contributed by atoms with Crippen LogP contribution in [0.1, 0.15) is 17.0 Å². The quantitative estimate of drug-likeness (QED) is 0.602. The van der Waals surface area contributed by atoms with Gasteiger partial charge in [0, 0.05) is 22.5 Å². The highest BCUT2D eigenvalue weighted by Gasteiger charge is 2.40. The van der Waals surface area contributed by atoms with Crippen molar-refractivity contribution < 1.29 is 0 Å². The number of fused-ring (bicyclic) bond motifs is 6. The van der Waals surface area contributed by atoms with Gasteiger partial charge in [-0.2, -0.15) is 0 Å². The summed E-state index contributed by atoms with van der Waals surface area (Å²) in [5.41, 5.74) is 7.93. The molecule has 0 fully saturated rings. The standard InChI is InChI=1S/C22H16N2/c1-2-9-17-16(7-1)21-19(23-17)12-11-15-14-8-3-5-13-6-4-10-18(20(13)14)24-22(15)21/h1-12,21-24H. The third kappa shape index (κ3) is 1.46. The lowest BCUT2D eigenvalue weighted by atomic mass is 9.77. The molecule has 24 heavy (non-hydrogen) atoms. The third-order valence-electron chi connectivity index (χ3n) is 5.55. The van der Waals surface area contributed by atoms with Crippen LogP contribution in [0.2, 0.25) is 0 Å². The third-order valence-corrected chi connectivity index (χ3v) is 5.55. The zero-order valence-corrected chi connectivity index (χ0v) is 13.1. The number of rotatable bonds is 0. The summed E-state index contributed by atoms with van der Waals surface area (Å²) >= 11 is 0. The Bertz CT molecular complexity index is 1070. The van der Waals surface area contributed by atoms with E-state index in [1.54, 1.807) is 0 Å². The van der Waals surface area contributed by atoms with Crippen molar-refractivity contribution in [1.82, 2.24) is 0 Å². The molecule has 0 spiro atoms. The zero-order valence-electron chi connectivity index (χ0n) is 13.1. The topological polar surface area (TPSA) is 24.1 Å². The lowest BCUT2D eigenvalue weighted by molar-refractivity contribution is 0.755. The van der Waals surface area contributed by atoms with Crippen LogP contribution in [0.3, 0.4) is 0 Å². The van der Waals surface area contributed by atoms with Gasteiger partial charge in [-0.1, -0.05) is 54.6 Å². The van der Waals surface area contributed by atoms with E-state index < -0.39 is 0 Å². The number of para-hydroxylation sites is 1. The van der Waals surface area contributed by atoms with E-state index in [1.807, 2.05) is 0 Å². The number of allylic oxidation sites excluding steroid dienone is 2. The molecule has 114 valence electrons. The van der Waals surface area contributed by atoms with Crippen LogP contribution in [0, 0.1) is 0 Å². The summed E-state index contributed by atoms with van der Waals surface area (Å²) in [6.45, 7) is 0. The molecule has 3 aromatic rings. The second-order valence-electron chi connectivity index (χ2n) is 6.77. The molecule has 0 saturated carbocycles. The highest BCUT2D eigenvalue weighted by atomic mass is 15.0. The zero-order chi connectivity index (χ0) is 15.7. The van der Waals surface area contributed by atoms with E-state index in [1.165, 1.54) is 44.5 Å². The second-order valence-corrected chi connectivity index (χ2v) is 6.77. The SMILES string of the molecule is C1=C2c3cccc4cccc(c34)NC2C2C(=C1)Nc1ccccc12. The van der Waals surface area contributed by atoms with Gasteiger partial charge in [0.15, 0.2) is 0 Å². The van der Waals surface area contributed by atoms with Crippen LogP contribution >= 0.6 is 0 Å². The van der Waals surface area contributed by atoms with Gasteiger partial charge in [0.1, 0.15) is 0 Å². The largest absolute Gasteiger partial charge is 0.377 e. The van der Waals surface area contributed by atoms with Gasteiger partial charge < -0.3 is 10.6 Å². The van der Waals surface area contributed by atoms with Crippen LogP contribution in [0.25, 0.3) is 16.3 Å². The van der Waals surface area contributed by atoms with Crippen molar-refractivity contribution in [2.45, 2.75) is 12.0 Å². The summed E-state index contributed by atoms with van der Waals surface area (Å²) in [5.74, 6) is 0.352. The maximum Gasteiger partial charge on any atom is 0.0644 e. The van der Waals surface area contributed by atoms with Crippen LogP contribution in [-0.2, 0) is 0 Å². The van der Waals surface area contributed by atoms with Gasteiger partial charge in [-0.05, 0) is 40.3 Å². The van der Waals surface area contributed by atoms with Gasteiger partial charge in [0.2, 0.25) is 0 Å². The normalized spacial score (nSPS) is 22.5. The molecule has 1 aliphatic carbocycles. The van der Waals surface area contributed by atoms with Crippen molar-refractivity contribution in [2.24, 2.45) is 0 Å². The fraction of sp³-hybridized carbons (Fsp3) is 0.0909. The molecule has 3 aliphatic rings. The van der Waals surface area contributed by atoms with E-state index >= 15 is 0 Å². The molecule has 0 amide bonds. The van der Waals surface area contributed by atoms with Crippen molar-refractivity contribution in [3.05, 3.63) is 89.6 Å². The van der Waals surface area contributed by atoms with E-state index in [4.69, 9.17) is 0 Å². The van der Waals surface area contributed by atoms with Crippen molar-refractivity contribution in [3.8, 4) is 0 Å². The predicted octanol–water partition coefficient (Wildman–Crippen LogP) is 5.12. The minimum absolute atomic E-state index is 0.279. The summed E-state index contributed by atoms with van der Waals surface area (Å²) in [5, 5.41) is 10.1. The Labute approximate surface area is 140 Å². The Morgan fingerprint density at radius 2 is 1.58 bits per heavy atom. The highest BCUT2D eigenvalue weighted by molar-refractivity contribution is 6.07. The molecule has 0 bridgehead atoms. The first-order valence-corrected chi connectivity index (χ1v) is 8.46. The Balaban J connectivity index is 1.61. The Morgan fingerprint density at radius 1 is 0.750 bits per heavy atom. The molecule has 2 aliphatic heterocycles. The first kappa shape index (κ1) is 12.4. The number of hydrogen-bond donors (Lipinski definition) is 2. The second kappa shape index (κ2) is 4.30. The number of anilines is 2. The molecule has 2 unspecified atom stereocenters. The van der Waals surface area contributed by atoms with Gasteiger partial charge in [-0.25, -0.2) is 0 Å². The average molecular weight is 308 g/mol. The monoisotopic (exact) mass is 308 g/mol. The molecule has 0 radical (unpaired) electrons. The minimum Gasteiger partial charge on any atom is -0.377 e. The Hall–Kier alpha value is -3.00. The van der Waals surface area contributed by atoms with Crippen molar-refractivity contribution in [3.63, 3.8) is 0 Å². The van der Waals surface area contributed by atoms with E-state index in [-0.39, 0.29) is 6.04 Å². The lowest BCUT2D eigenvalue weighted by Crippen LogP contribution is -2.33. The van der Waals surface area contributed by atoms with Gasteiger partial charge in [-0.3, -0.25) is 0 Å². The molecule has 2 atom stereocenters. The summed E-state index contributed by atoms with van der Waals surface area (Å²) < 4.78 is 0. The number of nitrogens with one attached hydrogen (secondary N) is 2. The number of benzene rings is 3. The van der Waals surface area contributed by atoms with Gasteiger partial charge in [0.25, 0.3) is 0 Å². The maximum atomic E-state index is 3.83. The molecule has 2 N–H and O–H groups in total. The fourth-order valence-corrected chi connectivity index (χ4v) is 4.54. The molecule has 3 aromatic carbocycles. The summed E-state index contributed by atoms with van der Waals surface area (Å²) in [7, 11) is 0. The number of hydrogen-bond acceptors (Lipinski definition) is 2. The van der Waals surface area contributed by atoms with E-state index in [0.29, 0.717) is 5.92 Å². The summed E-state index contributed by atoms with van der Waals surface area (Å²) in [6, 6.07) is 22.1. The van der Waals surface area contributed by atoms with Crippen molar-refractivity contribution in [1.29, 1.82) is 0 Å². The first-order valence-electron chi connectivity index (χ1n) is 8.46. The summed E-state index contributed by atoms with van der Waals surface area (Å²) in [4.78, 5) is 0. The molecule has 2 heterocycles. The fourth-order valence-electron chi connectivity index (χ4n) is 4.54. The Morgan fingerprint density at radius 3 is 2.54 bits per heavy atom. The van der Waals surface area contributed by atoms with E-state index in [2.05, 4.69) is 83.4 Å². The molecule has 0 aromatic heterocycles. The molecule has 2 nitrogen and oxygen atoms in total. The van der Waals surface area contributed by atoms with Crippen LogP contribution in [0.15, 0.2) is 78.5 Å². The van der Waals surface area contributed by atoms with Gasteiger partial charge in [0.05, 0.1) is 12.0 Å². The Kier molecular flexibility index (Phi) is 2.22. The van der Waals surface area contributed by atoms with Crippen LogP contribution < -0.4 is 10.6 Å². The smallest absolute Gasteiger partial charge is 0.0644 e. The average Bonchev–Trinajstić information content (AvgIpc) is 3.01. The maximum absolute atomic E-state index is 3.83. The van der Waals surface area contributed by atoms with Crippen LogP contribution in [-0.4, -0.2) is 6.04 Å². The van der Waals surface area contributed by atoms with Crippen LogP contribution in [0.5, 0.6) is 0 Å². The molecule has 2 heteroatoms.